The van der Waals surface area contributed by atoms with Gasteiger partial charge in [-0.25, -0.2) is 0 Å². The van der Waals surface area contributed by atoms with Crippen molar-refractivity contribution < 1.29 is 19.0 Å². The van der Waals surface area contributed by atoms with E-state index in [-0.39, 0.29) is 18.1 Å². The van der Waals surface area contributed by atoms with Gasteiger partial charge in [0.05, 0.1) is 26.4 Å². The standard InChI is InChI=1S/C24H32N2O4/c1-17(2)30-22-12-11-18(15-23(22)29-4)24(27)25-16-20(26-13-7-8-14-26)19-9-5-6-10-21(19)28-3/h5-6,9-12,15,17,20H,7-8,13-14,16H2,1-4H3,(H,25,27). The third-order valence-corrected chi connectivity index (χ3v) is 5.32. The summed E-state index contributed by atoms with van der Waals surface area (Å²) in [5.41, 5.74) is 1.64. The van der Waals surface area contributed by atoms with E-state index in [4.69, 9.17) is 14.2 Å². The number of rotatable bonds is 9. The van der Waals surface area contributed by atoms with Crippen molar-refractivity contribution in [2.75, 3.05) is 33.9 Å². The first kappa shape index (κ1) is 22.0. The Bertz CT molecular complexity index is 847. The average molecular weight is 413 g/mol. The summed E-state index contributed by atoms with van der Waals surface area (Å²) in [5, 5.41) is 3.10. The predicted molar refractivity (Wildman–Crippen MR) is 118 cm³/mol. The maximum Gasteiger partial charge on any atom is 0.251 e. The Balaban J connectivity index is 1.76. The minimum absolute atomic E-state index is 0.0284. The number of para-hydroxylation sites is 1. The molecule has 1 heterocycles. The van der Waals surface area contributed by atoms with Crippen LogP contribution in [0.5, 0.6) is 17.2 Å². The molecule has 1 fully saturated rings. The molecule has 1 atom stereocenters. The molecule has 0 aliphatic carbocycles. The summed E-state index contributed by atoms with van der Waals surface area (Å²) >= 11 is 0. The van der Waals surface area contributed by atoms with Gasteiger partial charge in [-0.05, 0) is 64.0 Å². The number of methoxy groups -OCH3 is 2. The van der Waals surface area contributed by atoms with Crippen molar-refractivity contribution in [1.29, 1.82) is 0 Å². The van der Waals surface area contributed by atoms with Gasteiger partial charge in [0.2, 0.25) is 0 Å². The molecule has 1 N–H and O–H groups in total. The quantitative estimate of drug-likeness (QED) is 0.673. The van der Waals surface area contributed by atoms with Crippen LogP contribution in [0.2, 0.25) is 0 Å². The molecule has 0 bridgehead atoms. The van der Waals surface area contributed by atoms with E-state index in [1.165, 1.54) is 12.8 Å². The molecule has 3 rings (SSSR count). The van der Waals surface area contributed by atoms with Crippen LogP contribution in [-0.2, 0) is 0 Å². The molecule has 1 saturated heterocycles. The molecule has 0 aromatic heterocycles. The van der Waals surface area contributed by atoms with Crippen LogP contribution in [0.15, 0.2) is 42.5 Å². The maximum absolute atomic E-state index is 12.9. The summed E-state index contributed by atoms with van der Waals surface area (Å²) in [6, 6.07) is 13.4. The molecule has 6 nitrogen and oxygen atoms in total. The minimum Gasteiger partial charge on any atom is -0.496 e. The van der Waals surface area contributed by atoms with E-state index in [0.29, 0.717) is 23.6 Å². The zero-order valence-electron chi connectivity index (χ0n) is 18.3. The van der Waals surface area contributed by atoms with Crippen molar-refractivity contribution in [3.05, 3.63) is 53.6 Å². The number of amides is 1. The van der Waals surface area contributed by atoms with Gasteiger partial charge in [0.25, 0.3) is 5.91 Å². The van der Waals surface area contributed by atoms with Crippen molar-refractivity contribution in [2.45, 2.75) is 38.8 Å². The lowest BCUT2D eigenvalue weighted by molar-refractivity contribution is 0.0937. The van der Waals surface area contributed by atoms with Crippen LogP contribution < -0.4 is 19.5 Å². The van der Waals surface area contributed by atoms with Crippen LogP contribution in [0.1, 0.15) is 48.7 Å². The van der Waals surface area contributed by atoms with Crippen LogP contribution >= 0.6 is 0 Å². The van der Waals surface area contributed by atoms with Crippen LogP contribution in [0.3, 0.4) is 0 Å². The SMILES string of the molecule is COc1cc(C(=O)NCC(c2ccccc2OC)N2CCCC2)ccc1OC(C)C. The fraction of sp³-hybridized carbons (Fsp3) is 0.458. The van der Waals surface area contributed by atoms with Crippen molar-refractivity contribution in [3.63, 3.8) is 0 Å². The lowest BCUT2D eigenvalue weighted by Gasteiger charge is -2.29. The highest BCUT2D eigenvalue weighted by Crippen LogP contribution is 2.32. The largest absolute Gasteiger partial charge is 0.496 e. The van der Waals surface area contributed by atoms with Gasteiger partial charge in [0.1, 0.15) is 5.75 Å². The molecule has 1 aliphatic rings. The Morgan fingerprint density at radius 3 is 2.37 bits per heavy atom. The maximum atomic E-state index is 12.9. The summed E-state index contributed by atoms with van der Waals surface area (Å²) in [4.78, 5) is 15.3. The molecular formula is C24H32N2O4. The Labute approximate surface area is 179 Å². The second-order valence-corrected chi connectivity index (χ2v) is 7.74. The number of nitrogens with one attached hydrogen (secondary N) is 1. The average Bonchev–Trinajstić information content (AvgIpc) is 3.28. The Kier molecular flexibility index (Phi) is 7.57. The summed E-state index contributed by atoms with van der Waals surface area (Å²) in [6.07, 6.45) is 2.38. The van der Waals surface area contributed by atoms with Crippen LogP contribution in [0, 0.1) is 0 Å². The van der Waals surface area contributed by atoms with E-state index in [2.05, 4.69) is 16.3 Å². The van der Waals surface area contributed by atoms with Crippen LogP contribution in [0.4, 0.5) is 0 Å². The molecule has 1 amide bonds. The molecule has 0 radical (unpaired) electrons. The molecule has 0 saturated carbocycles. The van der Waals surface area contributed by atoms with E-state index >= 15 is 0 Å². The third-order valence-electron chi connectivity index (χ3n) is 5.32. The molecular weight excluding hydrogens is 380 g/mol. The highest BCUT2D eigenvalue weighted by atomic mass is 16.5. The van der Waals surface area contributed by atoms with Gasteiger partial charge < -0.3 is 19.5 Å². The number of likely N-dealkylation sites (tertiary alicyclic amines) is 1. The first-order chi connectivity index (χ1) is 14.5. The number of ether oxygens (including phenoxy) is 3. The van der Waals surface area contributed by atoms with Gasteiger partial charge in [0, 0.05) is 17.7 Å². The Hall–Kier alpha value is -2.73. The molecule has 1 aliphatic heterocycles. The van der Waals surface area contributed by atoms with Gasteiger partial charge in [-0.2, -0.15) is 0 Å². The highest BCUT2D eigenvalue weighted by molar-refractivity contribution is 5.94. The van der Waals surface area contributed by atoms with E-state index in [1.807, 2.05) is 32.0 Å². The zero-order chi connectivity index (χ0) is 21.5. The molecule has 6 heteroatoms. The first-order valence-corrected chi connectivity index (χ1v) is 10.5. The smallest absolute Gasteiger partial charge is 0.251 e. The molecule has 0 spiro atoms. The first-order valence-electron chi connectivity index (χ1n) is 10.5. The molecule has 30 heavy (non-hydrogen) atoms. The van der Waals surface area contributed by atoms with Crippen LogP contribution in [0.25, 0.3) is 0 Å². The fourth-order valence-corrected chi connectivity index (χ4v) is 3.88. The number of benzene rings is 2. The lowest BCUT2D eigenvalue weighted by atomic mass is 10.0. The molecule has 1 unspecified atom stereocenters. The third kappa shape index (κ3) is 5.25. The van der Waals surface area contributed by atoms with Crippen molar-refractivity contribution in [3.8, 4) is 17.2 Å². The minimum atomic E-state index is -0.136. The number of hydrogen-bond donors (Lipinski definition) is 1. The van der Waals surface area contributed by atoms with Crippen LogP contribution in [-0.4, -0.2) is 50.8 Å². The van der Waals surface area contributed by atoms with Crippen molar-refractivity contribution >= 4 is 5.91 Å². The van der Waals surface area contributed by atoms with E-state index in [9.17, 15) is 4.79 Å². The van der Waals surface area contributed by atoms with Crippen molar-refractivity contribution in [1.82, 2.24) is 10.2 Å². The molecule has 2 aromatic rings. The van der Waals surface area contributed by atoms with Gasteiger partial charge in [-0.3, -0.25) is 9.69 Å². The fourth-order valence-electron chi connectivity index (χ4n) is 3.88. The number of carbonyl (C=O) groups is 1. The zero-order valence-corrected chi connectivity index (χ0v) is 18.3. The number of hydrogen-bond acceptors (Lipinski definition) is 5. The predicted octanol–water partition coefficient (Wildman–Crippen LogP) is 4.06. The highest BCUT2D eigenvalue weighted by Gasteiger charge is 2.26. The number of carbonyl (C=O) groups excluding carboxylic acids is 1. The van der Waals surface area contributed by atoms with E-state index in [1.54, 1.807) is 32.4 Å². The van der Waals surface area contributed by atoms with Gasteiger partial charge >= 0.3 is 0 Å². The monoisotopic (exact) mass is 412 g/mol. The van der Waals surface area contributed by atoms with Gasteiger partial charge in [-0.1, -0.05) is 18.2 Å². The second-order valence-electron chi connectivity index (χ2n) is 7.74. The van der Waals surface area contributed by atoms with E-state index < -0.39 is 0 Å². The van der Waals surface area contributed by atoms with Gasteiger partial charge in [-0.15, -0.1) is 0 Å². The molecule has 2 aromatic carbocycles. The Morgan fingerprint density at radius 2 is 1.70 bits per heavy atom. The van der Waals surface area contributed by atoms with E-state index in [0.717, 1.165) is 24.4 Å². The van der Waals surface area contributed by atoms with Crippen molar-refractivity contribution in [2.24, 2.45) is 0 Å². The summed E-state index contributed by atoms with van der Waals surface area (Å²) in [7, 11) is 3.26. The Morgan fingerprint density at radius 1 is 1.00 bits per heavy atom. The summed E-state index contributed by atoms with van der Waals surface area (Å²) < 4.78 is 16.7. The van der Waals surface area contributed by atoms with Gasteiger partial charge in [0.15, 0.2) is 11.5 Å². The second kappa shape index (κ2) is 10.3. The topological polar surface area (TPSA) is 60.0 Å². The normalized spacial score (nSPS) is 15.1. The number of nitrogens with zero attached hydrogens (tertiary/aromatic N) is 1. The molecule has 162 valence electrons. The summed E-state index contributed by atoms with van der Waals surface area (Å²) in [5.74, 6) is 1.90. The lowest BCUT2D eigenvalue weighted by Crippen LogP contribution is -2.37. The summed E-state index contributed by atoms with van der Waals surface area (Å²) in [6.45, 7) is 6.46.